The van der Waals surface area contributed by atoms with E-state index in [0.717, 1.165) is 0 Å². The van der Waals surface area contributed by atoms with Gasteiger partial charge in [0.05, 0.1) is 6.54 Å². The van der Waals surface area contributed by atoms with Gasteiger partial charge in [0.25, 0.3) is 17.7 Å². The Labute approximate surface area is 166 Å². The van der Waals surface area contributed by atoms with Crippen molar-refractivity contribution in [1.29, 1.82) is 0 Å². The van der Waals surface area contributed by atoms with Gasteiger partial charge < -0.3 is 9.68 Å². The lowest BCUT2D eigenvalue weighted by Crippen LogP contribution is -2.57. The van der Waals surface area contributed by atoms with Crippen molar-refractivity contribution in [3.8, 4) is 0 Å². The lowest BCUT2D eigenvalue weighted by Gasteiger charge is -2.30. The summed E-state index contributed by atoms with van der Waals surface area (Å²) in [5, 5.41) is 1.02. The largest absolute Gasteiger partial charge is 0.461 e. The molecule has 2 aliphatic heterocycles. The van der Waals surface area contributed by atoms with Crippen LogP contribution >= 0.6 is 0 Å². The van der Waals surface area contributed by atoms with Crippen LogP contribution in [0.5, 0.6) is 0 Å². The van der Waals surface area contributed by atoms with Crippen LogP contribution in [0.2, 0.25) is 12.6 Å². The Bertz CT molecular complexity index is 758. The minimum atomic E-state index is -1.62. The zero-order valence-electron chi connectivity index (χ0n) is 15.9. The zero-order valence-corrected chi connectivity index (χ0v) is 15.9. The molecular formula is C14H18B2N4O9. The van der Waals surface area contributed by atoms with Crippen molar-refractivity contribution in [3.05, 3.63) is 0 Å². The molecule has 13 nitrogen and oxygen atoms in total. The van der Waals surface area contributed by atoms with Crippen molar-refractivity contribution in [2.45, 2.75) is 38.3 Å². The summed E-state index contributed by atoms with van der Waals surface area (Å²) in [6, 6.07) is 0. The van der Waals surface area contributed by atoms with Gasteiger partial charge >= 0.3 is 12.2 Å². The standard InChI is InChI=1S/C14H18B2N4O9/c15-6-11(24)18(13(26)28-17-5-1-2-8(17)21)19(12(25)7-16)14(27)29-20-9(22)3-4-10(20)23/h1-7,15-16H2. The first-order chi connectivity index (χ1) is 13.7. The second-order valence-corrected chi connectivity index (χ2v) is 6.01. The molecule has 0 spiro atoms. The highest BCUT2D eigenvalue weighted by molar-refractivity contribution is 6.23. The van der Waals surface area contributed by atoms with E-state index in [1.165, 1.54) is 15.7 Å². The van der Waals surface area contributed by atoms with Crippen LogP contribution < -0.4 is 0 Å². The number of hydrogen-bond acceptors (Lipinski definition) is 9. The summed E-state index contributed by atoms with van der Waals surface area (Å²) in [6.45, 7) is 0.0850. The number of hydrogen-bond donors (Lipinski definition) is 0. The molecule has 2 fully saturated rings. The quantitative estimate of drug-likeness (QED) is 0.280. The molecule has 0 atom stereocenters. The summed E-state index contributed by atoms with van der Waals surface area (Å²) in [5.41, 5.74) is 0. The topological polar surface area (TPSA) is 151 Å². The summed E-state index contributed by atoms with van der Waals surface area (Å²) in [4.78, 5) is 94.1. The Hall–Kier alpha value is -3.38. The van der Waals surface area contributed by atoms with Gasteiger partial charge in [-0.3, -0.25) is 24.0 Å². The molecule has 2 aliphatic rings. The maximum absolute atomic E-state index is 12.5. The molecule has 0 unspecified atom stereocenters. The number of carbonyl (C=O) groups is 7. The Kier molecular flexibility index (Phi) is 6.96. The van der Waals surface area contributed by atoms with E-state index in [1.807, 2.05) is 0 Å². The zero-order chi connectivity index (χ0) is 21.7. The molecule has 0 aromatic rings. The van der Waals surface area contributed by atoms with Gasteiger partial charge in [-0.2, -0.15) is 5.06 Å². The van der Waals surface area contributed by atoms with Crippen LogP contribution in [0.1, 0.15) is 25.7 Å². The second kappa shape index (κ2) is 9.21. The van der Waals surface area contributed by atoms with Crippen molar-refractivity contribution in [3.63, 3.8) is 0 Å². The minimum Gasteiger partial charge on any atom is -0.317 e. The molecule has 15 heteroatoms. The Balaban J connectivity index is 2.29. The van der Waals surface area contributed by atoms with Crippen molar-refractivity contribution < 1.29 is 43.2 Å². The van der Waals surface area contributed by atoms with Crippen LogP contribution in [0.25, 0.3) is 0 Å². The summed E-state index contributed by atoms with van der Waals surface area (Å²) >= 11 is 0. The predicted octanol–water partition coefficient (Wildman–Crippen LogP) is -2.46. The fourth-order valence-corrected chi connectivity index (χ4v) is 2.52. The molecule has 0 aromatic carbocycles. The van der Waals surface area contributed by atoms with E-state index >= 15 is 0 Å². The van der Waals surface area contributed by atoms with Crippen molar-refractivity contribution in [2.24, 2.45) is 0 Å². The molecule has 0 aromatic heterocycles. The van der Waals surface area contributed by atoms with Gasteiger partial charge in [-0.05, 0) is 19.1 Å². The monoisotopic (exact) mass is 408 g/mol. The van der Waals surface area contributed by atoms with Crippen molar-refractivity contribution >= 4 is 57.4 Å². The Morgan fingerprint density at radius 2 is 1.28 bits per heavy atom. The van der Waals surface area contributed by atoms with Gasteiger partial charge in [-0.1, -0.05) is 0 Å². The van der Waals surface area contributed by atoms with Gasteiger partial charge in [-0.25, -0.2) is 9.59 Å². The minimum absolute atomic E-state index is 0.0492. The van der Waals surface area contributed by atoms with Crippen LogP contribution in [-0.2, 0) is 33.6 Å². The van der Waals surface area contributed by atoms with E-state index in [9.17, 15) is 33.6 Å². The summed E-state index contributed by atoms with van der Waals surface area (Å²) in [6.07, 6.45) is -3.57. The lowest BCUT2D eigenvalue weighted by atomic mass is 10.0. The number of nitrogens with zero attached hydrogens (tertiary/aromatic N) is 4. The Morgan fingerprint density at radius 3 is 1.69 bits per heavy atom. The number of rotatable bonds is 4. The SMILES string of the molecule is BCC(=O)N(C(=O)ON1CCCC1=O)N(C(=O)CB)C(=O)ON1C(=O)CCC1=O. The van der Waals surface area contributed by atoms with Gasteiger partial charge in [0.1, 0.15) is 15.7 Å². The predicted molar refractivity (Wildman–Crippen MR) is 95.4 cm³/mol. The number of hydrazine groups is 1. The molecule has 0 aliphatic carbocycles. The molecule has 154 valence electrons. The highest BCUT2D eigenvalue weighted by atomic mass is 16.8. The first-order valence-electron chi connectivity index (χ1n) is 8.97. The summed E-state index contributed by atoms with van der Waals surface area (Å²) < 4.78 is 0. The normalized spacial score (nSPS) is 16.1. The highest BCUT2D eigenvalue weighted by Gasteiger charge is 2.42. The smallest absolute Gasteiger partial charge is 0.317 e. The second-order valence-electron chi connectivity index (χ2n) is 6.01. The molecule has 7 amide bonds. The first-order valence-corrected chi connectivity index (χ1v) is 8.97. The van der Waals surface area contributed by atoms with Gasteiger partial charge in [-0.15, -0.1) is 15.1 Å². The molecule has 0 bridgehead atoms. The molecule has 2 saturated heterocycles. The fraction of sp³-hybridized carbons (Fsp3) is 0.500. The van der Waals surface area contributed by atoms with E-state index < -0.39 is 41.7 Å². The third kappa shape index (κ3) is 4.73. The first kappa shape index (κ1) is 21.9. The van der Waals surface area contributed by atoms with Crippen LogP contribution in [0.4, 0.5) is 9.59 Å². The third-order valence-corrected chi connectivity index (χ3v) is 4.02. The molecule has 0 radical (unpaired) electrons. The Morgan fingerprint density at radius 1 is 0.793 bits per heavy atom. The molecule has 0 saturated carbocycles. The van der Waals surface area contributed by atoms with Crippen LogP contribution in [-0.4, -0.2) is 84.1 Å². The van der Waals surface area contributed by atoms with Gasteiger partial charge in [0.15, 0.2) is 0 Å². The third-order valence-electron chi connectivity index (χ3n) is 4.02. The van der Waals surface area contributed by atoms with E-state index in [-0.39, 0.29) is 53.5 Å². The molecule has 0 N–H and O–H groups in total. The molecule has 2 rings (SSSR count). The highest BCUT2D eigenvalue weighted by Crippen LogP contribution is 2.17. The molecule has 29 heavy (non-hydrogen) atoms. The summed E-state index contributed by atoms with van der Waals surface area (Å²) in [7, 11) is 2.70. The molecule has 2 heterocycles. The van der Waals surface area contributed by atoms with Crippen molar-refractivity contribution in [2.75, 3.05) is 6.54 Å². The van der Waals surface area contributed by atoms with E-state index in [1.54, 1.807) is 0 Å². The maximum atomic E-state index is 12.5. The number of amides is 7. The number of carbonyl (C=O) groups excluding carboxylic acids is 7. The van der Waals surface area contributed by atoms with Crippen LogP contribution in [0, 0.1) is 0 Å². The van der Waals surface area contributed by atoms with Crippen LogP contribution in [0.15, 0.2) is 0 Å². The van der Waals surface area contributed by atoms with Gasteiger partial charge in [0, 0.05) is 19.3 Å². The van der Waals surface area contributed by atoms with Crippen molar-refractivity contribution in [1.82, 2.24) is 20.1 Å². The number of imide groups is 3. The molecular weight excluding hydrogens is 390 g/mol. The maximum Gasteiger partial charge on any atom is 0.461 e. The van der Waals surface area contributed by atoms with E-state index in [2.05, 4.69) is 4.84 Å². The average molecular weight is 408 g/mol. The van der Waals surface area contributed by atoms with Crippen LogP contribution in [0.3, 0.4) is 0 Å². The van der Waals surface area contributed by atoms with E-state index in [4.69, 9.17) is 4.84 Å². The van der Waals surface area contributed by atoms with E-state index in [0.29, 0.717) is 11.5 Å². The average Bonchev–Trinajstić information content (AvgIpc) is 3.24. The van der Waals surface area contributed by atoms with Gasteiger partial charge in [0.2, 0.25) is 11.8 Å². The summed E-state index contributed by atoms with van der Waals surface area (Å²) in [5.74, 6) is -4.19. The fourth-order valence-electron chi connectivity index (χ4n) is 2.52. The lowest BCUT2D eigenvalue weighted by molar-refractivity contribution is -0.184. The number of hydroxylamine groups is 4.